The molecule has 4 rings (SSSR count). The van der Waals surface area contributed by atoms with Crippen LogP contribution < -0.4 is 10.6 Å². The molecule has 0 spiro atoms. The van der Waals surface area contributed by atoms with Crippen LogP contribution in [-0.2, 0) is 9.53 Å². The lowest BCUT2D eigenvalue weighted by Gasteiger charge is -2.30. The van der Waals surface area contributed by atoms with E-state index in [2.05, 4.69) is 20.6 Å². The van der Waals surface area contributed by atoms with E-state index in [9.17, 15) is 9.59 Å². The van der Waals surface area contributed by atoms with Crippen molar-refractivity contribution in [1.82, 2.24) is 10.3 Å². The van der Waals surface area contributed by atoms with Crippen LogP contribution in [0.4, 0.5) is 6.01 Å². The Morgan fingerprint density at radius 3 is 3.00 bits per heavy atom. The number of aromatic nitrogens is 1. The van der Waals surface area contributed by atoms with E-state index in [-0.39, 0.29) is 24.2 Å². The predicted molar refractivity (Wildman–Crippen MR) is 107 cm³/mol. The number of aliphatic imine (C=N–C) groups is 1. The minimum atomic E-state index is -0.594. The standard InChI is InChI=1S/C20H19ClN4O4/c1-2-28-18(27)15-10-22-20(29-15)25-19-23-13-8-5-9-14(26)16(13)17(24-19)11-6-3-4-7-12(11)21/h3-4,6-7,10,17H,2,5,8-9H2,1H3,(H2,22,23,24,25). The molecule has 0 amide bonds. The van der Waals surface area contributed by atoms with E-state index in [1.807, 2.05) is 18.2 Å². The van der Waals surface area contributed by atoms with Crippen LogP contribution in [0.1, 0.15) is 48.3 Å². The van der Waals surface area contributed by atoms with Gasteiger partial charge in [-0.25, -0.2) is 14.8 Å². The number of nitrogens with one attached hydrogen (secondary N) is 2. The summed E-state index contributed by atoms with van der Waals surface area (Å²) in [5, 5.41) is 6.62. The number of anilines is 1. The van der Waals surface area contributed by atoms with Crippen LogP contribution in [0.25, 0.3) is 0 Å². The number of halogens is 1. The Hall–Kier alpha value is -3.13. The summed E-state index contributed by atoms with van der Waals surface area (Å²) in [6.07, 6.45) is 3.26. The van der Waals surface area contributed by atoms with Crippen molar-refractivity contribution in [3.8, 4) is 0 Å². The number of rotatable bonds is 4. The first-order valence-electron chi connectivity index (χ1n) is 9.32. The molecule has 1 aromatic heterocycles. The molecule has 1 unspecified atom stereocenters. The molecule has 2 aromatic rings. The quantitative estimate of drug-likeness (QED) is 0.736. The van der Waals surface area contributed by atoms with Crippen LogP contribution in [0, 0.1) is 0 Å². The molecule has 2 N–H and O–H groups in total. The molecule has 0 radical (unpaired) electrons. The highest BCUT2D eigenvalue weighted by Crippen LogP contribution is 2.38. The number of oxazole rings is 1. The summed E-state index contributed by atoms with van der Waals surface area (Å²) in [6, 6.07) is 6.87. The van der Waals surface area contributed by atoms with Crippen LogP contribution in [0.15, 0.2) is 51.1 Å². The summed E-state index contributed by atoms with van der Waals surface area (Å²) in [5.41, 5.74) is 2.19. The Balaban J connectivity index is 1.65. The maximum absolute atomic E-state index is 12.6. The van der Waals surface area contributed by atoms with Crippen LogP contribution in [0.2, 0.25) is 5.02 Å². The number of ether oxygens (including phenoxy) is 1. The highest BCUT2D eigenvalue weighted by molar-refractivity contribution is 6.31. The number of esters is 1. The number of Topliss-reactive ketones (excluding diaryl/α,β-unsaturated/α-hetero) is 1. The van der Waals surface area contributed by atoms with Crippen molar-refractivity contribution in [3.05, 3.63) is 58.1 Å². The molecule has 1 aliphatic carbocycles. The lowest BCUT2D eigenvalue weighted by atomic mass is 9.86. The molecule has 2 heterocycles. The van der Waals surface area contributed by atoms with E-state index in [0.717, 1.165) is 24.1 Å². The number of ketones is 1. The highest BCUT2D eigenvalue weighted by atomic mass is 35.5. The third-order valence-electron chi connectivity index (χ3n) is 4.66. The Morgan fingerprint density at radius 2 is 2.21 bits per heavy atom. The minimum absolute atomic E-state index is 0.0128. The van der Waals surface area contributed by atoms with Gasteiger partial charge >= 0.3 is 12.0 Å². The molecular weight excluding hydrogens is 396 g/mol. The highest BCUT2D eigenvalue weighted by Gasteiger charge is 2.34. The second-order valence-electron chi connectivity index (χ2n) is 6.57. The number of nitrogens with zero attached hydrogens (tertiary/aromatic N) is 2. The van der Waals surface area contributed by atoms with E-state index in [4.69, 9.17) is 20.8 Å². The normalized spacial score (nSPS) is 18.6. The number of guanidine groups is 1. The number of allylic oxidation sites excluding steroid dienone is 1. The molecule has 9 heteroatoms. The van der Waals surface area contributed by atoms with Gasteiger partial charge in [-0.15, -0.1) is 0 Å². The molecule has 1 atom stereocenters. The maximum Gasteiger partial charge on any atom is 0.376 e. The Morgan fingerprint density at radius 1 is 1.38 bits per heavy atom. The van der Waals surface area contributed by atoms with Crippen LogP contribution >= 0.6 is 11.6 Å². The Kier molecular flexibility index (Phi) is 5.35. The summed E-state index contributed by atoms with van der Waals surface area (Å²) < 4.78 is 10.3. The zero-order valence-corrected chi connectivity index (χ0v) is 16.5. The molecule has 1 aliphatic heterocycles. The van der Waals surface area contributed by atoms with Crippen molar-refractivity contribution >= 4 is 35.3 Å². The van der Waals surface area contributed by atoms with Gasteiger partial charge in [-0.2, -0.15) is 0 Å². The molecule has 150 valence electrons. The molecule has 0 saturated carbocycles. The predicted octanol–water partition coefficient (Wildman–Crippen LogP) is 3.62. The minimum Gasteiger partial charge on any atom is -0.460 e. The fourth-order valence-corrected chi connectivity index (χ4v) is 3.63. The van der Waals surface area contributed by atoms with Crippen LogP contribution in [0.5, 0.6) is 0 Å². The van der Waals surface area contributed by atoms with Crippen molar-refractivity contribution in [2.45, 2.75) is 32.2 Å². The van der Waals surface area contributed by atoms with Crippen LogP contribution in [0.3, 0.4) is 0 Å². The third kappa shape index (κ3) is 3.88. The summed E-state index contributed by atoms with van der Waals surface area (Å²) in [6.45, 7) is 1.95. The van der Waals surface area contributed by atoms with Gasteiger partial charge < -0.3 is 14.5 Å². The molecule has 0 fully saturated rings. The zero-order valence-electron chi connectivity index (χ0n) is 15.7. The molecule has 8 nitrogen and oxygen atoms in total. The summed E-state index contributed by atoms with van der Waals surface area (Å²) >= 11 is 6.39. The average molecular weight is 415 g/mol. The van der Waals surface area contributed by atoms with Crippen molar-refractivity contribution in [2.24, 2.45) is 4.99 Å². The fraction of sp³-hybridized carbons (Fsp3) is 0.300. The number of hydrogen-bond donors (Lipinski definition) is 2. The van der Waals surface area contributed by atoms with E-state index in [1.165, 1.54) is 6.20 Å². The van der Waals surface area contributed by atoms with E-state index >= 15 is 0 Å². The molecular formula is C20H19ClN4O4. The summed E-state index contributed by atoms with van der Waals surface area (Å²) in [5.74, 6) is -0.183. The van der Waals surface area contributed by atoms with Gasteiger partial charge in [0.1, 0.15) is 6.04 Å². The van der Waals surface area contributed by atoms with E-state index < -0.39 is 12.0 Å². The zero-order chi connectivity index (χ0) is 20.4. The topological polar surface area (TPSA) is 106 Å². The van der Waals surface area contributed by atoms with E-state index in [0.29, 0.717) is 23.0 Å². The fourth-order valence-electron chi connectivity index (χ4n) is 3.39. The third-order valence-corrected chi connectivity index (χ3v) is 5.01. The molecule has 0 saturated heterocycles. The molecule has 1 aromatic carbocycles. The van der Waals surface area contributed by atoms with Gasteiger partial charge in [0, 0.05) is 22.7 Å². The Bertz CT molecular complexity index is 1030. The maximum atomic E-state index is 12.6. The van der Waals surface area contributed by atoms with Gasteiger partial charge in [0.25, 0.3) is 0 Å². The number of carbonyl (C=O) groups excluding carboxylic acids is 2. The number of carbonyl (C=O) groups is 2. The van der Waals surface area contributed by atoms with Gasteiger partial charge in [0.05, 0.1) is 12.8 Å². The second kappa shape index (κ2) is 8.08. The first kappa shape index (κ1) is 19.2. The number of benzene rings is 1. The van der Waals surface area contributed by atoms with Crippen molar-refractivity contribution in [1.29, 1.82) is 0 Å². The molecule has 29 heavy (non-hydrogen) atoms. The van der Waals surface area contributed by atoms with Gasteiger partial charge in [-0.3, -0.25) is 10.1 Å². The Labute approximate surface area is 172 Å². The number of hydrogen-bond acceptors (Lipinski definition) is 8. The van der Waals surface area contributed by atoms with Gasteiger partial charge in [0.15, 0.2) is 5.78 Å². The molecule has 2 aliphatic rings. The van der Waals surface area contributed by atoms with Gasteiger partial charge in [-0.05, 0) is 31.4 Å². The lowest BCUT2D eigenvalue weighted by Crippen LogP contribution is -2.38. The monoisotopic (exact) mass is 414 g/mol. The van der Waals surface area contributed by atoms with Crippen LogP contribution in [-0.4, -0.2) is 29.3 Å². The summed E-state index contributed by atoms with van der Waals surface area (Å²) in [7, 11) is 0. The van der Waals surface area contributed by atoms with Crippen molar-refractivity contribution in [3.63, 3.8) is 0 Å². The first-order valence-corrected chi connectivity index (χ1v) is 9.70. The first-order chi connectivity index (χ1) is 14.1. The van der Waals surface area contributed by atoms with E-state index in [1.54, 1.807) is 13.0 Å². The average Bonchev–Trinajstić information content (AvgIpc) is 3.17. The SMILES string of the molecule is CCOC(=O)c1cnc(NC2=NC(c3ccccc3Cl)C3=C(CCCC3=O)N2)o1. The smallest absolute Gasteiger partial charge is 0.376 e. The van der Waals surface area contributed by atoms with Gasteiger partial charge in [-0.1, -0.05) is 29.8 Å². The van der Waals surface area contributed by atoms with Gasteiger partial charge in [0.2, 0.25) is 11.7 Å². The molecule has 0 bridgehead atoms. The largest absolute Gasteiger partial charge is 0.460 e. The summed E-state index contributed by atoms with van der Waals surface area (Å²) in [4.78, 5) is 33.1. The van der Waals surface area contributed by atoms with Crippen molar-refractivity contribution < 1.29 is 18.7 Å². The van der Waals surface area contributed by atoms with Crippen molar-refractivity contribution in [2.75, 3.05) is 11.9 Å². The lowest BCUT2D eigenvalue weighted by molar-refractivity contribution is -0.116. The second-order valence-corrected chi connectivity index (χ2v) is 6.98.